The van der Waals surface area contributed by atoms with Crippen LogP contribution in [0.5, 0.6) is 0 Å². The Morgan fingerprint density at radius 3 is 3.11 bits per heavy atom. The van der Waals surface area contributed by atoms with Gasteiger partial charge < -0.3 is 5.32 Å². The number of rotatable bonds is 4. The highest BCUT2D eigenvalue weighted by Crippen LogP contribution is 2.16. The van der Waals surface area contributed by atoms with Crippen molar-refractivity contribution in [1.82, 2.24) is 29.5 Å². The second-order valence-electron chi connectivity index (χ2n) is 4.13. The van der Waals surface area contributed by atoms with Crippen LogP contribution in [0.25, 0.3) is 4.96 Å². The van der Waals surface area contributed by atoms with Crippen LogP contribution in [0.2, 0.25) is 0 Å². The molecule has 0 spiro atoms. The van der Waals surface area contributed by atoms with Gasteiger partial charge in [-0.25, -0.2) is 14.6 Å². The smallest absolute Gasteiger partial charge is 0.242 e. The highest BCUT2D eigenvalue weighted by atomic mass is 32.1. The van der Waals surface area contributed by atoms with Gasteiger partial charge in [0.25, 0.3) is 0 Å². The minimum atomic E-state index is -0.113. The first-order valence-corrected chi connectivity index (χ1v) is 6.55. The number of aryl methyl sites for hydroxylation is 1. The van der Waals surface area contributed by atoms with E-state index in [0.29, 0.717) is 6.54 Å². The largest absolute Gasteiger partial charge is 0.349 e. The van der Waals surface area contributed by atoms with E-state index in [9.17, 15) is 4.79 Å². The van der Waals surface area contributed by atoms with E-state index in [-0.39, 0.29) is 12.5 Å². The van der Waals surface area contributed by atoms with Crippen molar-refractivity contribution in [3.05, 3.63) is 35.6 Å². The van der Waals surface area contributed by atoms with Gasteiger partial charge in [0.15, 0.2) is 4.96 Å². The van der Waals surface area contributed by atoms with Gasteiger partial charge in [0.05, 0.1) is 12.2 Å². The van der Waals surface area contributed by atoms with Crippen LogP contribution in [0.15, 0.2) is 25.0 Å². The lowest BCUT2D eigenvalue weighted by molar-refractivity contribution is -0.122. The molecule has 0 aliphatic rings. The fraction of sp³-hybridized carbons (Fsp3) is 0.273. The van der Waals surface area contributed by atoms with Crippen LogP contribution >= 0.6 is 11.3 Å². The third-order valence-corrected chi connectivity index (χ3v) is 3.47. The predicted octanol–water partition coefficient (Wildman–Crippen LogP) is 0.612. The van der Waals surface area contributed by atoms with E-state index in [1.165, 1.54) is 22.2 Å². The monoisotopic (exact) mass is 276 g/mol. The van der Waals surface area contributed by atoms with Crippen molar-refractivity contribution in [2.45, 2.75) is 20.0 Å². The number of imidazole rings is 1. The highest BCUT2D eigenvalue weighted by molar-refractivity contribution is 7.16. The number of nitrogens with one attached hydrogen (secondary N) is 1. The molecular weight excluding hydrogens is 264 g/mol. The van der Waals surface area contributed by atoms with Crippen molar-refractivity contribution in [3.8, 4) is 0 Å². The highest BCUT2D eigenvalue weighted by Gasteiger charge is 2.07. The first-order valence-electron chi connectivity index (χ1n) is 5.74. The van der Waals surface area contributed by atoms with Gasteiger partial charge in [0.1, 0.15) is 19.2 Å². The van der Waals surface area contributed by atoms with Gasteiger partial charge in [-0.2, -0.15) is 5.10 Å². The zero-order chi connectivity index (χ0) is 13.2. The summed E-state index contributed by atoms with van der Waals surface area (Å²) in [5.41, 5.74) is 0.846. The number of carbonyl (C=O) groups excluding carboxylic acids is 1. The third-order valence-electron chi connectivity index (χ3n) is 2.56. The molecule has 0 fully saturated rings. The number of aromatic nitrogens is 5. The summed E-state index contributed by atoms with van der Waals surface area (Å²) in [5.74, 6) is -0.113. The van der Waals surface area contributed by atoms with Gasteiger partial charge >= 0.3 is 0 Å². The molecule has 1 amide bonds. The molecule has 8 heteroatoms. The molecule has 3 aromatic heterocycles. The number of carbonyl (C=O) groups is 1. The Morgan fingerprint density at radius 1 is 1.47 bits per heavy atom. The van der Waals surface area contributed by atoms with Gasteiger partial charge in [-0.1, -0.05) is 0 Å². The first-order chi connectivity index (χ1) is 9.20. The van der Waals surface area contributed by atoms with Crippen molar-refractivity contribution >= 4 is 22.2 Å². The van der Waals surface area contributed by atoms with Gasteiger partial charge in [-0.05, 0) is 6.92 Å². The molecule has 0 aliphatic heterocycles. The van der Waals surface area contributed by atoms with Gasteiger partial charge in [-0.3, -0.25) is 9.20 Å². The van der Waals surface area contributed by atoms with E-state index >= 15 is 0 Å². The molecule has 0 radical (unpaired) electrons. The van der Waals surface area contributed by atoms with Crippen molar-refractivity contribution in [1.29, 1.82) is 0 Å². The Morgan fingerprint density at radius 2 is 2.37 bits per heavy atom. The van der Waals surface area contributed by atoms with Crippen molar-refractivity contribution < 1.29 is 4.79 Å². The normalized spacial score (nSPS) is 11.0. The van der Waals surface area contributed by atoms with Crippen LogP contribution in [0, 0.1) is 6.92 Å². The summed E-state index contributed by atoms with van der Waals surface area (Å²) in [4.78, 5) is 22.0. The summed E-state index contributed by atoms with van der Waals surface area (Å²) < 4.78 is 3.45. The Hall–Kier alpha value is -2.22. The average Bonchev–Trinajstić information content (AvgIpc) is 3.02. The maximum Gasteiger partial charge on any atom is 0.242 e. The molecule has 0 unspecified atom stereocenters. The molecule has 0 atom stereocenters. The van der Waals surface area contributed by atoms with Crippen LogP contribution in [0.4, 0.5) is 0 Å². The number of hydrogen-bond donors (Lipinski definition) is 1. The molecule has 0 aromatic carbocycles. The fourth-order valence-corrected chi connectivity index (χ4v) is 2.58. The van der Waals surface area contributed by atoms with E-state index in [2.05, 4.69) is 20.4 Å². The van der Waals surface area contributed by atoms with Crippen LogP contribution in [0.1, 0.15) is 10.6 Å². The Balaban J connectivity index is 1.59. The predicted molar refractivity (Wildman–Crippen MR) is 69.7 cm³/mol. The molecule has 3 aromatic rings. The van der Waals surface area contributed by atoms with E-state index < -0.39 is 0 Å². The molecule has 0 saturated heterocycles. The SMILES string of the molecule is Cc1cn2cc(CNC(=O)Cn3cncn3)nc2s1. The number of amides is 1. The molecular formula is C11H12N6OS. The summed E-state index contributed by atoms with van der Waals surface area (Å²) in [5, 5.41) is 6.68. The van der Waals surface area contributed by atoms with Crippen LogP contribution in [0.3, 0.4) is 0 Å². The second-order valence-corrected chi connectivity index (χ2v) is 5.35. The number of thiazole rings is 1. The molecule has 7 nitrogen and oxygen atoms in total. The lowest BCUT2D eigenvalue weighted by Gasteiger charge is -2.02. The van der Waals surface area contributed by atoms with Crippen LogP contribution in [-0.4, -0.2) is 30.1 Å². The van der Waals surface area contributed by atoms with Crippen molar-refractivity contribution in [2.75, 3.05) is 0 Å². The molecule has 0 bridgehead atoms. The fourth-order valence-electron chi connectivity index (χ4n) is 1.75. The zero-order valence-electron chi connectivity index (χ0n) is 10.3. The standard InChI is InChI=1S/C11H12N6OS/c1-8-3-16-4-9(15-11(16)19-8)2-13-10(18)5-17-7-12-6-14-17/h3-4,6-7H,2,5H2,1H3,(H,13,18). The summed E-state index contributed by atoms with van der Waals surface area (Å²) in [6.45, 7) is 2.63. The van der Waals surface area contributed by atoms with Crippen LogP contribution < -0.4 is 5.32 Å². The molecule has 0 saturated carbocycles. The second kappa shape index (κ2) is 4.81. The Kier molecular flexibility index (Phi) is 3.00. The lowest BCUT2D eigenvalue weighted by Crippen LogP contribution is -2.27. The van der Waals surface area contributed by atoms with E-state index in [1.54, 1.807) is 11.3 Å². The van der Waals surface area contributed by atoms with E-state index in [1.807, 2.05) is 23.7 Å². The molecule has 0 aliphatic carbocycles. The third kappa shape index (κ3) is 2.63. The maximum atomic E-state index is 11.7. The molecule has 1 N–H and O–H groups in total. The molecule has 3 heterocycles. The maximum absolute atomic E-state index is 11.7. The molecule has 3 rings (SSSR count). The minimum Gasteiger partial charge on any atom is -0.349 e. The number of hydrogen-bond acceptors (Lipinski definition) is 5. The summed E-state index contributed by atoms with van der Waals surface area (Å²) in [7, 11) is 0. The number of fused-ring (bicyclic) bond motifs is 1. The number of nitrogens with zero attached hydrogens (tertiary/aromatic N) is 5. The Bertz CT molecular complexity index is 666. The Labute approximate surface area is 112 Å². The minimum absolute atomic E-state index is 0.113. The molecule has 19 heavy (non-hydrogen) atoms. The summed E-state index contributed by atoms with van der Waals surface area (Å²) >= 11 is 1.63. The lowest BCUT2D eigenvalue weighted by atomic mass is 10.4. The van der Waals surface area contributed by atoms with Gasteiger partial charge in [0.2, 0.25) is 5.91 Å². The van der Waals surface area contributed by atoms with E-state index in [4.69, 9.17) is 0 Å². The van der Waals surface area contributed by atoms with Crippen molar-refractivity contribution in [2.24, 2.45) is 0 Å². The summed E-state index contributed by atoms with van der Waals surface area (Å²) in [6, 6.07) is 0. The van der Waals surface area contributed by atoms with E-state index in [0.717, 1.165) is 10.7 Å². The quantitative estimate of drug-likeness (QED) is 0.757. The first kappa shape index (κ1) is 11.8. The zero-order valence-corrected chi connectivity index (χ0v) is 11.1. The summed E-state index contributed by atoms with van der Waals surface area (Å²) in [6.07, 6.45) is 6.86. The van der Waals surface area contributed by atoms with Crippen molar-refractivity contribution in [3.63, 3.8) is 0 Å². The topological polar surface area (TPSA) is 77.1 Å². The average molecular weight is 276 g/mol. The van der Waals surface area contributed by atoms with Gasteiger partial charge in [-0.15, -0.1) is 11.3 Å². The van der Waals surface area contributed by atoms with Gasteiger partial charge in [0, 0.05) is 17.3 Å². The molecule has 98 valence electrons. The van der Waals surface area contributed by atoms with Crippen LogP contribution in [-0.2, 0) is 17.9 Å².